The van der Waals surface area contributed by atoms with Crippen LogP contribution >= 0.6 is 11.3 Å². The monoisotopic (exact) mass is 634 g/mol. The van der Waals surface area contributed by atoms with Crippen molar-refractivity contribution in [2.24, 2.45) is 0 Å². The maximum atomic E-state index is 14.7. The van der Waals surface area contributed by atoms with Crippen LogP contribution in [-0.2, 0) is 15.9 Å². The molecule has 2 rings (SSSR count). The van der Waals surface area contributed by atoms with Gasteiger partial charge in [-0.3, -0.25) is 4.90 Å². The standard InChI is InChI=1S/C31H43FN4O7S/c1-30(2,3)42-28(39)35(9)16-10-12-21-14-15-23(22(32)20-21)41-19-11-13-24-25(26(37)38)33-27(44-24)36(18-17-34(7)8)29(40)43-31(4,5)6/h14-15,20H,11,13,16-19H2,1-9H3,(H,37,38). The topological polar surface area (TPSA) is 122 Å². The number of nitrogens with zero attached hydrogens (tertiary/aromatic N) is 4. The van der Waals surface area contributed by atoms with Crippen molar-refractivity contribution in [2.75, 3.05) is 52.3 Å². The Morgan fingerprint density at radius 3 is 2.20 bits per heavy atom. The first kappa shape index (κ1) is 36.3. The zero-order chi connectivity index (χ0) is 33.2. The maximum Gasteiger partial charge on any atom is 0.416 e. The molecule has 1 aromatic heterocycles. The van der Waals surface area contributed by atoms with E-state index in [9.17, 15) is 23.9 Å². The third-order valence-corrected chi connectivity index (χ3v) is 6.63. The molecular weight excluding hydrogens is 591 g/mol. The Balaban J connectivity index is 2.03. The van der Waals surface area contributed by atoms with E-state index >= 15 is 0 Å². The Morgan fingerprint density at radius 1 is 1.00 bits per heavy atom. The minimum absolute atomic E-state index is 0.0321. The minimum Gasteiger partial charge on any atom is -0.491 e. The number of benzene rings is 1. The maximum absolute atomic E-state index is 14.7. The first-order valence-corrected chi connectivity index (χ1v) is 14.9. The van der Waals surface area contributed by atoms with Crippen LogP contribution in [0.4, 0.5) is 19.1 Å². The van der Waals surface area contributed by atoms with E-state index < -0.39 is 35.2 Å². The molecule has 13 heteroatoms. The lowest BCUT2D eigenvalue weighted by molar-refractivity contribution is 0.0320. The van der Waals surface area contributed by atoms with Gasteiger partial charge in [-0.25, -0.2) is 23.8 Å². The zero-order valence-corrected chi connectivity index (χ0v) is 27.8. The average Bonchev–Trinajstić information content (AvgIpc) is 3.29. The van der Waals surface area contributed by atoms with Crippen molar-refractivity contribution in [2.45, 2.75) is 65.6 Å². The number of amides is 2. The molecule has 0 bridgehead atoms. The molecule has 11 nitrogen and oxygen atoms in total. The number of carbonyl (C=O) groups is 3. The lowest BCUT2D eigenvalue weighted by atomic mass is 10.2. The fourth-order valence-electron chi connectivity index (χ4n) is 3.45. The lowest BCUT2D eigenvalue weighted by Crippen LogP contribution is -2.40. The summed E-state index contributed by atoms with van der Waals surface area (Å²) in [6, 6.07) is 4.32. The molecule has 0 fully saturated rings. The number of likely N-dealkylation sites (N-methyl/N-ethyl adjacent to an activating group) is 1. The van der Waals surface area contributed by atoms with Gasteiger partial charge in [0, 0.05) is 30.6 Å². The second-order valence-electron chi connectivity index (χ2n) is 12.2. The Labute approximate surface area is 262 Å². The second-order valence-corrected chi connectivity index (χ2v) is 13.3. The molecule has 1 aromatic carbocycles. The summed E-state index contributed by atoms with van der Waals surface area (Å²) in [5.41, 5.74) is -1.08. The predicted molar refractivity (Wildman–Crippen MR) is 167 cm³/mol. The van der Waals surface area contributed by atoms with Crippen LogP contribution in [0, 0.1) is 17.7 Å². The van der Waals surface area contributed by atoms with Gasteiger partial charge in [0.05, 0.1) is 13.2 Å². The van der Waals surface area contributed by atoms with Crippen LogP contribution < -0.4 is 9.64 Å². The zero-order valence-electron chi connectivity index (χ0n) is 26.9. The summed E-state index contributed by atoms with van der Waals surface area (Å²) in [6.07, 6.45) is -0.440. The van der Waals surface area contributed by atoms with Crippen LogP contribution in [0.3, 0.4) is 0 Å². The molecule has 242 valence electrons. The van der Waals surface area contributed by atoms with E-state index in [4.69, 9.17) is 14.2 Å². The normalized spacial score (nSPS) is 11.4. The van der Waals surface area contributed by atoms with E-state index in [1.807, 2.05) is 19.0 Å². The average molecular weight is 635 g/mol. The van der Waals surface area contributed by atoms with Gasteiger partial charge in [0.2, 0.25) is 0 Å². The molecule has 0 spiro atoms. The van der Waals surface area contributed by atoms with Crippen LogP contribution in [0.1, 0.15) is 68.9 Å². The summed E-state index contributed by atoms with van der Waals surface area (Å²) in [7, 11) is 5.29. The van der Waals surface area contributed by atoms with Crippen molar-refractivity contribution in [3.63, 3.8) is 0 Å². The van der Waals surface area contributed by atoms with Crippen LogP contribution in [0.5, 0.6) is 5.75 Å². The van der Waals surface area contributed by atoms with Crippen LogP contribution in [-0.4, -0.2) is 96.6 Å². The molecule has 0 radical (unpaired) electrons. The Hall–Kier alpha value is -3.89. The van der Waals surface area contributed by atoms with Gasteiger partial charge in [-0.2, -0.15) is 0 Å². The van der Waals surface area contributed by atoms with E-state index in [1.165, 1.54) is 21.9 Å². The van der Waals surface area contributed by atoms with E-state index in [0.717, 1.165) is 11.3 Å². The SMILES string of the molecule is CN(C)CCN(C(=O)OC(C)(C)C)c1nc(C(=O)O)c(CCCOc2ccc(C#CCN(C)C(=O)OC(C)(C)C)cc2F)s1. The summed E-state index contributed by atoms with van der Waals surface area (Å²) >= 11 is 1.10. The number of hydrogen-bond acceptors (Lipinski definition) is 9. The van der Waals surface area contributed by atoms with Crippen molar-refractivity contribution in [1.29, 1.82) is 0 Å². The summed E-state index contributed by atoms with van der Waals surface area (Å²) in [6.45, 7) is 11.6. The number of carboxylic acid groups (broad SMARTS) is 1. The van der Waals surface area contributed by atoms with Gasteiger partial charge >= 0.3 is 18.2 Å². The number of aromatic carboxylic acids is 1. The van der Waals surface area contributed by atoms with Crippen LogP contribution in [0.25, 0.3) is 0 Å². The molecule has 1 heterocycles. The van der Waals surface area contributed by atoms with Gasteiger partial charge < -0.3 is 29.1 Å². The lowest BCUT2D eigenvalue weighted by Gasteiger charge is -2.26. The molecule has 44 heavy (non-hydrogen) atoms. The summed E-state index contributed by atoms with van der Waals surface area (Å²) in [5.74, 6) is 3.86. The van der Waals surface area contributed by atoms with Crippen molar-refractivity contribution in [3.8, 4) is 17.6 Å². The molecular formula is C31H43FN4O7S. The third-order valence-electron chi connectivity index (χ3n) is 5.50. The number of thiazole rings is 1. The molecule has 0 aliphatic carbocycles. The number of aromatic nitrogens is 1. The first-order chi connectivity index (χ1) is 20.4. The molecule has 1 N–H and O–H groups in total. The smallest absolute Gasteiger partial charge is 0.416 e. The van der Waals surface area contributed by atoms with Crippen LogP contribution in [0.15, 0.2) is 18.2 Å². The van der Waals surface area contributed by atoms with Gasteiger partial charge in [0.15, 0.2) is 22.4 Å². The number of carbonyl (C=O) groups excluding carboxylic acids is 2. The number of carboxylic acids is 1. The number of ether oxygens (including phenoxy) is 3. The summed E-state index contributed by atoms with van der Waals surface area (Å²) < 4.78 is 31.1. The Bertz CT molecular complexity index is 1370. The van der Waals surface area contributed by atoms with Crippen molar-refractivity contribution in [1.82, 2.24) is 14.8 Å². The molecule has 0 atom stereocenters. The molecule has 0 aliphatic heterocycles. The molecule has 2 amide bonds. The quantitative estimate of drug-likeness (QED) is 0.252. The van der Waals surface area contributed by atoms with Gasteiger partial charge in [-0.1, -0.05) is 11.8 Å². The summed E-state index contributed by atoms with van der Waals surface area (Å²) in [4.78, 5) is 46.2. The van der Waals surface area contributed by atoms with Crippen molar-refractivity contribution >= 4 is 34.6 Å². The Morgan fingerprint density at radius 2 is 1.64 bits per heavy atom. The molecule has 0 saturated heterocycles. The number of hydrogen-bond donors (Lipinski definition) is 1. The molecule has 0 aliphatic rings. The highest BCUT2D eigenvalue weighted by molar-refractivity contribution is 7.16. The molecule has 0 unspecified atom stereocenters. The minimum atomic E-state index is -1.21. The summed E-state index contributed by atoms with van der Waals surface area (Å²) in [5, 5.41) is 9.98. The van der Waals surface area contributed by atoms with Gasteiger partial charge in [-0.15, -0.1) is 11.3 Å². The first-order valence-electron chi connectivity index (χ1n) is 14.1. The van der Waals surface area contributed by atoms with Gasteiger partial charge in [0.25, 0.3) is 0 Å². The van der Waals surface area contributed by atoms with E-state index in [-0.39, 0.29) is 36.3 Å². The van der Waals surface area contributed by atoms with E-state index in [2.05, 4.69) is 16.8 Å². The van der Waals surface area contributed by atoms with Crippen molar-refractivity contribution in [3.05, 3.63) is 40.2 Å². The highest BCUT2D eigenvalue weighted by atomic mass is 32.1. The predicted octanol–water partition coefficient (Wildman–Crippen LogP) is 5.51. The second kappa shape index (κ2) is 15.7. The number of rotatable bonds is 11. The fraction of sp³-hybridized carbons (Fsp3) is 0.548. The largest absolute Gasteiger partial charge is 0.491 e. The molecule has 2 aromatic rings. The van der Waals surface area contributed by atoms with E-state index in [1.54, 1.807) is 54.7 Å². The number of halogens is 1. The van der Waals surface area contributed by atoms with Crippen molar-refractivity contribution < 1.29 is 38.1 Å². The fourth-order valence-corrected chi connectivity index (χ4v) is 4.56. The van der Waals surface area contributed by atoms with Gasteiger partial charge in [-0.05, 0) is 86.7 Å². The number of aryl methyl sites for hydroxylation is 1. The number of anilines is 1. The van der Waals surface area contributed by atoms with E-state index in [0.29, 0.717) is 29.8 Å². The highest BCUT2D eigenvalue weighted by Crippen LogP contribution is 2.29. The van der Waals surface area contributed by atoms with Crippen LogP contribution in [0.2, 0.25) is 0 Å². The highest BCUT2D eigenvalue weighted by Gasteiger charge is 2.28. The molecule has 0 saturated carbocycles. The van der Waals surface area contributed by atoms with Gasteiger partial charge in [0.1, 0.15) is 11.2 Å². The Kier molecular flexibility index (Phi) is 13.0. The third kappa shape index (κ3) is 12.4.